The van der Waals surface area contributed by atoms with E-state index < -0.39 is 0 Å². The molecule has 0 spiro atoms. The summed E-state index contributed by atoms with van der Waals surface area (Å²) in [6.07, 6.45) is 7.17. The quantitative estimate of drug-likeness (QED) is 0.298. The first-order valence-corrected chi connectivity index (χ1v) is 11.5. The van der Waals surface area contributed by atoms with Crippen LogP contribution in [0.5, 0.6) is 0 Å². The zero-order valence-electron chi connectivity index (χ0n) is 18.0. The zero-order chi connectivity index (χ0) is 20.5. The first kappa shape index (κ1) is 22.2. The van der Waals surface area contributed by atoms with E-state index in [1.807, 2.05) is 31.4 Å². The van der Waals surface area contributed by atoms with Crippen molar-refractivity contribution in [2.45, 2.75) is 66.2 Å². The van der Waals surface area contributed by atoms with Gasteiger partial charge in [0.25, 0.3) is 0 Å². The van der Waals surface area contributed by atoms with Gasteiger partial charge in [-0.3, -0.25) is 0 Å². The SMILES string of the molecule is CC.CCC(C)CCC(CC)c1c[nH]c2cc(N=C(N)c3cccs3)ccc12. The molecule has 0 aliphatic rings. The predicted molar refractivity (Wildman–Crippen MR) is 126 cm³/mol. The molecule has 2 heterocycles. The molecule has 2 unspecified atom stereocenters. The van der Waals surface area contributed by atoms with Crippen molar-refractivity contribution >= 4 is 33.8 Å². The highest BCUT2D eigenvalue weighted by Gasteiger charge is 2.15. The molecule has 0 amide bonds. The topological polar surface area (TPSA) is 54.2 Å². The number of amidine groups is 1. The van der Waals surface area contributed by atoms with Gasteiger partial charge in [0.1, 0.15) is 5.84 Å². The molecule has 28 heavy (non-hydrogen) atoms. The number of nitrogens with two attached hydrogens (primary N) is 1. The maximum absolute atomic E-state index is 6.12. The normalized spacial score (nSPS) is 13.8. The summed E-state index contributed by atoms with van der Waals surface area (Å²) in [7, 11) is 0. The van der Waals surface area contributed by atoms with Crippen LogP contribution < -0.4 is 5.73 Å². The van der Waals surface area contributed by atoms with Crippen molar-refractivity contribution in [3.63, 3.8) is 0 Å². The lowest BCUT2D eigenvalue weighted by molar-refractivity contribution is 0.455. The Balaban J connectivity index is 0.00000136. The van der Waals surface area contributed by atoms with E-state index in [4.69, 9.17) is 5.73 Å². The lowest BCUT2D eigenvalue weighted by Gasteiger charge is -2.17. The van der Waals surface area contributed by atoms with Crippen molar-refractivity contribution in [2.75, 3.05) is 0 Å². The minimum atomic E-state index is 0.575. The van der Waals surface area contributed by atoms with E-state index in [0.29, 0.717) is 11.8 Å². The molecule has 3 N–H and O–H groups in total. The number of rotatable bonds is 8. The Kier molecular flexibility index (Phi) is 8.78. The fraction of sp³-hybridized carbons (Fsp3) is 0.458. The molecule has 0 radical (unpaired) electrons. The molecule has 3 rings (SSSR count). The summed E-state index contributed by atoms with van der Waals surface area (Å²) < 4.78 is 0. The second-order valence-corrected chi connectivity index (χ2v) is 8.09. The summed E-state index contributed by atoms with van der Waals surface area (Å²) in [6.45, 7) is 10.9. The van der Waals surface area contributed by atoms with Gasteiger partial charge in [-0.1, -0.05) is 59.6 Å². The fourth-order valence-electron chi connectivity index (χ4n) is 3.43. The van der Waals surface area contributed by atoms with Crippen LogP contribution in [0.1, 0.15) is 76.7 Å². The molecule has 0 aliphatic heterocycles. The average molecular weight is 398 g/mol. The van der Waals surface area contributed by atoms with Gasteiger partial charge < -0.3 is 10.7 Å². The van der Waals surface area contributed by atoms with Crippen LogP contribution in [0.15, 0.2) is 46.9 Å². The van der Waals surface area contributed by atoms with E-state index in [1.165, 1.54) is 36.6 Å². The molecule has 0 bridgehead atoms. The number of aromatic amines is 1. The number of fused-ring (bicyclic) bond motifs is 1. The van der Waals surface area contributed by atoms with Crippen LogP contribution in [0.2, 0.25) is 0 Å². The number of hydrogen-bond acceptors (Lipinski definition) is 2. The monoisotopic (exact) mass is 397 g/mol. The van der Waals surface area contributed by atoms with Crippen LogP contribution in [0.25, 0.3) is 10.9 Å². The largest absolute Gasteiger partial charge is 0.383 e. The van der Waals surface area contributed by atoms with E-state index in [2.05, 4.69) is 55.1 Å². The minimum absolute atomic E-state index is 0.575. The highest BCUT2D eigenvalue weighted by molar-refractivity contribution is 7.12. The van der Waals surface area contributed by atoms with Crippen LogP contribution in [0.4, 0.5) is 5.69 Å². The molecule has 2 atom stereocenters. The van der Waals surface area contributed by atoms with E-state index in [1.54, 1.807) is 11.3 Å². The molecule has 152 valence electrons. The van der Waals surface area contributed by atoms with Crippen LogP contribution in [0, 0.1) is 5.92 Å². The summed E-state index contributed by atoms with van der Waals surface area (Å²) in [4.78, 5) is 9.03. The lowest BCUT2D eigenvalue weighted by Crippen LogP contribution is -2.10. The first-order chi connectivity index (χ1) is 13.6. The lowest BCUT2D eigenvalue weighted by atomic mass is 9.88. The van der Waals surface area contributed by atoms with Crippen molar-refractivity contribution in [1.82, 2.24) is 4.98 Å². The van der Waals surface area contributed by atoms with Gasteiger partial charge in [0.15, 0.2) is 0 Å². The van der Waals surface area contributed by atoms with E-state index >= 15 is 0 Å². The Bertz CT molecular complexity index is 861. The second-order valence-electron chi connectivity index (χ2n) is 7.14. The van der Waals surface area contributed by atoms with E-state index in [0.717, 1.165) is 22.0 Å². The van der Waals surface area contributed by atoms with Crippen LogP contribution in [-0.2, 0) is 0 Å². The van der Waals surface area contributed by atoms with Gasteiger partial charge in [-0.15, -0.1) is 11.3 Å². The van der Waals surface area contributed by atoms with Crippen molar-refractivity contribution in [3.05, 3.63) is 52.3 Å². The van der Waals surface area contributed by atoms with Crippen LogP contribution in [-0.4, -0.2) is 10.8 Å². The highest BCUT2D eigenvalue weighted by Crippen LogP contribution is 2.34. The molecule has 3 nitrogen and oxygen atoms in total. The number of aromatic nitrogens is 1. The Morgan fingerprint density at radius 2 is 1.93 bits per heavy atom. The van der Waals surface area contributed by atoms with Crippen molar-refractivity contribution in [3.8, 4) is 0 Å². The van der Waals surface area contributed by atoms with Crippen molar-refractivity contribution in [2.24, 2.45) is 16.6 Å². The van der Waals surface area contributed by atoms with Crippen LogP contribution >= 0.6 is 11.3 Å². The number of thiophene rings is 1. The van der Waals surface area contributed by atoms with Gasteiger partial charge in [-0.25, -0.2) is 4.99 Å². The van der Waals surface area contributed by atoms with E-state index in [-0.39, 0.29) is 0 Å². The Morgan fingerprint density at radius 1 is 1.14 bits per heavy atom. The molecule has 0 saturated carbocycles. The van der Waals surface area contributed by atoms with Gasteiger partial charge in [0.05, 0.1) is 10.6 Å². The molecule has 1 aromatic carbocycles. The maximum atomic E-state index is 6.12. The summed E-state index contributed by atoms with van der Waals surface area (Å²) in [6, 6.07) is 10.3. The van der Waals surface area contributed by atoms with Crippen molar-refractivity contribution in [1.29, 1.82) is 0 Å². The standard InChI is InChI=1S/C22H29N3S.C2H6/c1-4-15(3)8-9-16(5-2)19-14-24-20-13-17(10-11-18(19)20)25-22(23)21-7-6-12-26-21;1-2/h6-7,10-16,24H,4-5,8-9H2,1-3H3,(H2,23,25);1-2H3. The smallest absolute Gasteiger partial charge is 0.141 e. The number of nitrogens with zero attached hydrogens (tertiary/aromatic N) is 1. The van der Waals surface area contributed by atoms with Gasteiger partial charge >= 0.3 is 0 Å². The number of aliphatic imine (C=N–C) groups is 1. The summed E-state index contributed by atoms with van der Waals surface area (Å²) >= 11 is 1.61. The third kappa shape index (κ3) is 5.48. The average Bonchev–Trinajstić information content (AvgIpc) is 3.40. The maximum Gasteiger partial charge on any atom is 0.141 e. The molecule has 0 saturated heterocycles. The molecule has 2 aromatic heterocycles. The minimum Gasteiger partial charge on any atom is -0.383 e. The van der Waals surface area contributed by atoms with Gasteiger partial charge in [0, 0.05) is 17.1 Å². The van der Waals surface area contributed by atoms with E-state index in [9.17, 15) is 0 Å². The third-order valence-corrected chi connectivity index (χ3v) is 6.25. The van der Waals surface area contributed by atoms with Gasteiger partial charge in [-0.2, -0.15) is 0 Å². The highest BCUT2D eigenvalue weighted by atomic mass is 32.1. The van der Waals surface area contributed by atoms with Crippen LogP contribution in [0.3, 0.4) is 0 Å². The fourth-order valence-corrected chi connectivity index (χ4v) is 4.06. The molecular weight excluding hydrogens is 362 g/mol. The summed E-state index contributed by atoms with van der Waals surface area (Å²) in [5.74, 6) is 1.99. The molecule has 0 fully saturated rings. The second kappa shape index (κ2) is 11.1. The predicted octanol–water partition coefficient (Wildman–Crippen LogP) is 7.61. The molecule has 4 heteroatoms. The zero-order valence-corrected chi connectivity index (χ0v) is 18.8. The summed E-state index contributed by atoms with van der Waals surface area (Å²) in [5.41, 5.74) is 9.59. The number of hydrogen-bond donors (Lipinski definition) is 2. The third-order valence-electron chi connectivity index (χ3n) is 5.36. The Labute approximate surface area is 174 Å². The van der Waals surface area contributed by atoms with Gasteiger partial charge in [-0.05, 0) is 53.8 Å². The molecule has 3 aromatic rings. The van der Waals surface area contributed by atoms with Crippen molar-refractivity contribution < 1.29 is 0 Å². The Morgan fingerprint density at radius 3 is 2.57 bits per heavy atom. The summed E-state index contributed by atoms with van der Waals surface area (Å²) in [5, 5.41) is 3.33. The molecular formula is C24H35N3S. The first-order valence-electron chi connectivity index (χ1n) is 10.6. The number of benzene rings is 1. The Hall–Kier alpha value is -2.07. The number of H-pyrrole nitrogens is 1. The van der Waals surface area contributed by atoms with Gasteiger partial charge in [0.2, 0.25) is 0 Å². The number of nitrogens with one attached hydrogen (secondary N) is 1. The molecule has 0 aliphatic carbocycles.